The van der Waals surface area contributed by atoms with Gasteiger partial charge in [-0.3, -0.25) is 20.7 Å². The molecule has 35 heavy (non-hydrogen) atoms. The van der Waals surface area contributed by atoms with Gasteiger partial charge in [-0.05, 0) is 25.5 Å². The van der Waals surface area contributed by atoms with Crippen molar-refractivity contribution in [2.24, 2.45) is 0 Å². The van der Waals surface area contributed by atoms with Gasteiger partial charge in [0, 0.05) is 64.2 Å². The zero-order valence-electron chi connectivity index (χ0n) is 20.1. The van der Waals surface area contributed by atoms with Crippen LogP contribution in [0.4, 0.5) is 14.9 Å². The van der Waals surface area contributed by atoms with Crippen LogP contribution < -0.4 is 10.9 Å². The number of urea groups is 1. The largest absolute Gasteiger partial charge is 0.383 e. The number of amides is 2. The molecule has 0 aliphatic carbocycles. The highest BCUT2D eigenvalue weighted by Gasteiger charge is 2.38. The van der Waals surface area contributed by atoms with Crippen molar-refractivity contribution in [1.29, 1.82) is 0 Å². The molecule has 0 aromatic heterocycles. The molecule has 2 atom stereocenters. The maximum atomic E-state index is 15.3. The van der Waals surface area contributed by atoms with E-state index in [0.717, 1.165) is 6.42 Å². The van der Waals surface area contributed by atoms with E-state index in [1.165, 1.54) is 13.5 Å². The second kappa shape index (κ2) is 11.0. The molecule has 1 unspecified atom stereocenters. The molecule has 192 valence electrons. The molecule has 12 heteroatoms. The highest BCUT2D eigenvalue weighted by molar-refractivity contribution is 7.86. The van der Waals surface area contributed by atoms with Crippen LogP contribution >= 0.6 is 0 Å². The summed E-state index contributed by atoms with van der Waals surface area (Å²) in [6.07, 6.45) is 8.04. The molecule has 2 saturated heterocycles. The highest BCUT2D eigenvalue weighted by Crippen LogP contribution is 2.24. The lowest BCUT2D eigenvalue weighted by Gasteiger charge is -2.43. The van der Waals surface area contributed by atoms with Crippen molar-refractivity contribution in [3.63, 3.8) is 0 Å². The Bertz CT molecular complexity index is 1080. The number of hydrogen-bond donors (Lipinski definition) is 2. The number of carbonyl (C=O) groups excluding carboxylic acids is 1. The third kappa shape index (κ3) is 5.67. The van der Waals surface area contributed by atoms with E-state index in [0.29, 0.717) is 38.3 Å². The number of hydrogen-bond acceptors (Lipinski definition) is 6. The van der Waals surface area contributed by atoms with Crippen molar-refractivity contribution in [2.45, 2.75) is 32.0 Å². The molecule has 2 fully saturated rings. The number of benzene rings is 1. The molecular weight excluding hydrogens is 475 g/mol. The maximum absolute atomic E-state index is 15.3. The summed E-state index contributed by atoms with van der Waals surface area (Å²) < 4.78 is 49.3. The lowest BCUT2D eigenvalue weighted by molar-refractivity contribution is 0.0425. The van der Waals surface area contributed by atoms with Crippen LogP contribution in [0, 0.1) is 5.82 Å². The topological polar surface area (TPSA) is 97.5 Å². The third-order valence-electron chi connectivity index (χ3n) is 6.57. The third-order valence-corrected chi connectivity index (χ3v) is 8.57. The number of halogens is 1. The van der Waals surface area contributed by atoms with Crippen LogP contribution in [0.3, 0.4) is 0 Å². The molecule has 3 aliphatic rings. The van der Waals surface area contributed by atoms with Gasteiger partial charge < -0.3 is 4.74 Å². The van der Waals surface area contributed by atoms with Gasteiger partial charge in [-0.2, -0.15) is 17.0 Å². The van der Waals surface area contributed by atoms with E-state index in [1.807, 2.05) is 24.0 Å². The van der Waals surface area contributed by atoms with E-state index < -0.39 is 22.1 Å². The Kier molecular flexibility index (Phi) is 8.07. The predicted molar refractivity (Wildman–Crippen MR) is 131 cm³/mol. The van der Waals surface area contributed by atoms with Crippen molar-refractivity contribution in [3.05, 3.63) is 54.0 Å². The summed E-state index contributed by atoms with van der Waals surface area (Å²) in [4.78, 5) is 16.0. The number of nitrogens with one attached hydrogen (secondary N) is 2. The van der Waals surface area contributed by atoms with Gasteiger partial charge in [0.05, 0.1) is 18.3 Å². The molecule has 1 aromatic rings. The Labute approximate surface area is 206 Å². The molecule has 0 bridgehead atoms. The number of ether oxygens (including phenoxy) is 1. The summed E-state index contributed by atoms with van der Waals surface area (Å²) in [5, 5.41) is 0. The second-order valence-electron chi connectivity index (χ2n) is 8.91. The van der Waals surface area contributed by atoms with Crippen LogP contribution in [0.2, 0.25) is 0 Å². The van der Waals surface area contributed by atoms with Crippen LogP contribution in [0.1, 0.15) is 18.9 Å². The number of piperazine rings is 1. The minimum absolute atomic E-state index is 0.112. The Hall–Kier alpha value is -2.51. The molecule has 3 heterocycles. The predicted octanol–water partition coefficient (Wildman–Crippen LogP) is 1.72. The number of hydrazine groups is 1. The molecule has 3 aliphatic heterocycles. The number of anilines is 1. The first-order valence-corrected chi connectivity index (χ1v) is 13.2. The van der Waals surface area contributed by atoms with Gasteiger partial charge >= 0.3 is 6.03 Å². The summed E-state index contributed by atoms with van der Waals surface area (Å²) in [6.45, 7) is 4.71. The molecule has 0 radical (unpaired) electrons. The molecule has 4 rings (SSSR count). The Balaban J connectivity index is 1.40. The Morgan fingerprint density at radius 2 is 1.97 bits per heavy atom. The summed E-state index contributed by atoms with van der Waals surface area (Å²) in [5.41, 5.74) is 5.83. The van der Waals surface area contributed by atoms with E-state index in [4.69, 9.17) is 4.74 Å². The number of carbonyl (C=O) groups is 1. The monoisotopic (exact) mass is 508 g/mol. The Morgan fingerprint density at radius 1 is 1.17 bits per heavy atom. The van der Waals surface area contributed by atoms with Gasteiger partial charge in [-0.15, -0.1) is 0 Å². The molecule has 2 N–H and O–H groups in total. The van der Waals surface area contributed by atoms with Crippen LogP contribution in [-0.2, 0) is 21.5 Å². The average molecular weight is 509 g/mol. The fraction of sp³-hybridized carbons (Fsp3) is 0.522. The normalized spacial score (nSPS) is 23.8. The second-order valence-corrected chi connectivity index (χ2v) is 10.8. The first-order chi connectivity index (χ1) is 16.8. The average Bonchev–Trinajstić information content (AvgIpc) is 2.79. The van der Waals surface area contributed by atoms with Crippen molar-refractivity contribution in [1.82, 2.24) is 23.8 Å². The smallest absolute Gasteiger partial charge is 0.340 e. The van der Waals surface area contributed by atoms with E-state index in [-0.39, 0.29) is 30.9 Å². The minimum atomic E-state index is -3.47. The van der Waals surface area contributed by atoms with Crippen LogP contribution in [-0.4, -0.2) is 91.4 Å². The fourth-order valence-electron chi connectivity index (χ4n) is 4.36. The van der Waals surface area contributed by atoms with E-state index >= 15 is 4.39 Å². The summed E-state index contributed by atoms with van der Waals surface area (Å²) >= 11 is 0. The zero-order valence-corrected chi connectivity index (χ0v) is 20.9. The zero-order chi connectivity index (χ0) is 25.0. The van der Waals surface area contributed by atoms with Gasteiger partial charge in [-0.25, -0.2) is 9.18 Å². The van der Waals surface area contributed by atoms with Crippen molar-refractivity contribution >= 4 is 21.9 Å². The lowest BCUT2D eigenvalue weighted by Crippen LogP contribution is -2.60. The van der Waals surface area contributed by atoms with Crippen molar-refractivity contribution < 1.29 is 22.3 Å². The summed E-state index contributed by atoms with van der Waals surface area (Å²) in [6, 6.07) is 4.24. The van der Waals surface area contributed by atoms with Crippen LogP contribution in [0.5, 0.6) is 0 Å². The van der Waals surface area contributed by atoms with E-state index in [2.05, 4.69) is 10.9 Å². The van der Waals surface area contributed by atoms with Crippen molar-refractivity contribution in [3.8, 4) is 0 Å². The standard InChI is InChI=1S/C23H33FN6O4S/c1-18-7-3-4-12-30(18)23(31)26-25-21-9-5-8-19(22(21)24)15-27-13-14-29(16-20(27)17-34-2)35(32,33)28-10-6-11-28/h3-5,7-9,12,18,20,25H,6,10-11,13-17H2,1-2H3,(H,26,31)/t18?,20-/m0/s1. The summed E-state index contributed by atoms with van der Waals surface area (Å²) in [7, 11) is -1.90. The molecule has 0 spiro atoms. The molecule has 2 amide bonds. The van der Waals surface area contributed by atoms with Gasteiger partial charge in [0.2, 0.25) is 0 Å². The first kappa shape index (κ1) is 25.6. The van der Waals surface area contributed by atoms with E-state index in [1.54, 1.807) is 37.6 Å². The molecule has 10 nitrogen and oxygen atoms in total. The highest BCUT2D eigenvalue weighted by atomic mass is 32.2. The van der Waals surface area contributed by atoms with Gasteiger partial charge in [0.1, 0.15) is 0 Å². The summed E-state index contributed by atoms with van der Waals surface area (Å²) in [5.74, 6) is -0.471. The first-order valence-electron chi connectivity index (χ1n) is 11.8. The maximum Gasteiger partial charge on any atom is 0.340 e. The SMILES string of the molecule is COC[C@@H]1CN(S(=O)(=O)N2CCC2)CCN1Cc1cccc(NNC(=O)N2C=CC=CC2C)c1F. The lowest BCUT2D eigenvalue weighted by atomic mass is 10.1. The van der Waals surface area contributed by atoms with Gasteiger partial charge in [0.15, 0.2) is 5.82 Å². The number of rotatable bonds is 8. The quantitative estimate of drug-likeness (QED) is 0.519. The van der Waals surface area contributed by atoms with Gasteiger partial charge in [0.25, 0.3) is 10.2 Å². The van der Waals surface area contributed by atoms with Crippen LogP contribution in [0.15, 0.2) is 42.6 Å². The number of methoxy groups -OCH3 is 1. The fourth-order valence-corrected chi connectivity index (χ4v) is 6.08. The van der Waals surface area contributed by atoms with Crippen LogP contribution in [0.25, 0.3) is 0 Å². The van der Waals surface area contributed by atoms with Gasteiger partial charge in [-0.1, -0.05) is 24.3 Å². The number of nitrogens with zero attached hydrogens (tertiary/aromatic N) is 4. The minimum Gasteiger partial charge on any atom is -0.383 e. The van der Waals surface area contributed by atoms with E-state index in [9.17, 15) is 13.2 Å². The Morgan fingerprint density at radius 3 is 2.66 bits per heavy atom. The molecule has 0 saturated carbocycles. The number of allylic oxidation sites excluding steroid dienone is 2. The molecule has 1 aromatic carbocycles. The molecular formula is C23H33FN6O4S. The van der Waals surface area contributed by atoms with Crippen molar-refractivity contribution in [2.75, 3.05) is 51.9 Å².